The van der Waals surface area contributed by atoms with Gasteiger partial charge in [0.2, 0.25) is 5.88 Å². The van der Waals surface area contributed by atoms with Crippen molar-refractivity contribution in [2.45, 2.75) is 13.0 Å². The second-order valence-corrected chi connectivity index (χ2v) is 6.29. The summed E-state index contributed by atoms with van der Waals surface area (Å²) < 4.78 is 11.0. The molecule has 1 unspecified atom stereocenters. The van der Waals surface area contributed by atoms with E-state index >= 15 is 0 Å². The van der Waals surface area contributed by atoms with Crippen molar-refractivity contribution < 1.29 is 14.3 Å². The fourth-order valence-electron chi connectivity index (χ4n) is 2.00. The first-order valence-corrected chi connectivity index (χ1v) is 8.31. The summed E-state index contributed by atoms with van der Waals surface area (Å²) in [5, 5.41) is 0.244. The lowest BCUT2D eigenvalue weighted by Crippen LogP contribution is -2.18. The molecule has 3 rings (SSSR count). The van der Waals surface area contributed by atoms with Crippen molar-refractivity contribution in [3.05, 3.63) is 52.6 Å². The monoisotopic (exact) mass is 396 g/mol. The van der Waals surface area contributed by atoms with Crippen LogP contribution in [0.15, 0.2) is 42.6 Å². The van der Waals surface area contributed by atoms with Crippen LogP contribution < -0.4 is 9.47 Å². The Bertz CT molecular complexity index is 932. The first-order valence-electron chi connectivity index (χ1n) is 7.18. The minimum atomic E-state index is -0.726. The van der Waals surface area contributed by atoms with Crippen LogP contribution in [0, 0.1) is 0 Å². The predicted octanol–water partition coefficient (Wildman–Crippen LogP) is 5.26. The molecule has 1 aromatic heterocycles. The summed E-state index contributed by atoms with van der Waals surface area (Å²) in [6.07, 6.45) is 0.766. The van der Waals surface area contributed by atoms with Crippen molar-refractivity contribution in [1.82, 2.24) is 9.97 Å². The molecule has 0 spiro atoms. The summed E-state index contributed by atoms with van der Waals surface area (Å²) >= 11 is 17.3. The molecule has 0 saturated heterocycles. The van der Waals surface area contributed by atoms with E-state index in [0.29, 0.717) is 38.5 Å². The lowest BCUT2D eigenvalue weighted by atomic mass is 10.3. The molecule has 5 nitrogen and oxygen atoms in total. The molecule has 0 aliphatic carbocycles. The number of carbonyl (C=O) groups is 1. The minimum absolute atomic E-state index is 0.309. The number of halogens is 3. The highest BCUT2D eigenvalue weighted by Crippen LogP contribution is 2.28. The van der Waals surface area contributed by atoms with Gasteiger partial charge in [0.15, 0.2) is 6.10 Å². The largest absolute Gasteiger partial charge is 0.482 e. The number of benzene rings is 2. The number of hydrogen-bond acceptors (Lipinski definition) is 5. The van der Waals surface area contributed by atoms with E-state index in [9.17, 15) is 4.79 Å². The highest BCUT2D eigenvalue weighted by atomic mass is 35.5. The molecule has 0 fully saturated rings. The highest BCUT2D eigenvalue weighted by molar-refractivity contribution is 6.64. The average Bonchev–Trinajstić information content (AvgIpc) is 2.58. The van der Waals surface area contributed by atoms with Crippen molar-refractivity contribution in [2.75, 3.05) is 0 Å². The van der Waals surface area contributed by atoms with E-state index < -0.39 is 11.3 Å². The van der Waals surface area contributed by atoms with Crippen LogP contribution in [0.4, 0.5) is 0 Å². The Hall–Kier alpha value is -2.08. The van der Waals surface area contributed by atoms with Gasteiger partial charge in [-0.05, 0) is 54.9 Å². The molecule has 0 bridgehead atoms. The van der Waals surface area contributed by atoms with Crippen LogP contribution in [0.25, 0.3) is 11.0 Å². The SMILES string of the molecule is CC(Oc1ccc(Oc2cnc3cc(Cl)c(Cl)cc3n2)cc1)C(=O)Cl. The van der Waals surface area contributed by atoms with Gasteiger partial charge >= 0.3 is 0 Å². The van der Waals surface area contributed by atoms with Crippen LogP contribution in [0.1, 0.15) is 6.92 Å². The first kappa shape index (κ1) is 17.7. The maximum Gasteiger partial charge on any atom is 0.262 e. The fourth-order valence-corrected chi connectivity index (χ4v) is 2.36. The molecular weight excluding hydrogens is 387 g/mol. The highest BCUT2D eigenvalue weighted by Gasteiger charge is 2.11. The third-order valence-corrected chi connectivity index (χ3v) is 4.27. The molecule has 128 valence electrons. The van der Waals surface area contributed by atoms with E-state index in [1.165, 1.54) is 6.20 Å². The summed E-state index contributed by atoms with van der Waals surface area (Å²) in [6, 6.07) is 9.96. The molecule has 0 saturated carbocycles. The lowest BCUT2D eigenvalue weighted by molar-refractivity contribution is -0.117. The van der Waals surface area contributed by atoms with Crippen LogP contribution in [0.5, 0.6) is 17.4 Å². The Labute approximate surface area is 158 Å². The standard InChI is InChI=1S/C17H11Cl3N2O3/c1-9(17(20)23)24-10-2-4-11(5-3-10)25-16-8-21-14-6-12(18)13(19)7-15(14)22-16/h2-9H,1H3. The Morgan fingerprint density at radius 3 is 2.28 bits per heavy atom. The van der Waals surface area contributed by atoms with Crippen molar-refractivity contribution in [3.8, 4) is 17.4 Å². The molecule has 0 aliphatic heterocycles. The Kier molecular flexibility index (Phi) is 5.27. The zero-order valence-corrected chi connectivity index (χ0v) is 15.1. The number of ether oxygens (including phenoxy) is 2. The lowest BCUT2D eigenvalue weighted by Gasteiger charge is -2.11. The Morgan fingerprint density at radius 1 is 1.04 bits per heavy atom. The van der Waals surface area contributed by atoms with Crippen molar-refractivity contribution in [3.63, 3.8) is 0 Å². The molecule has 25 heavy (non-hydrogen) atoms. The maximum absolute atomic E-state index is 11.0. The van der Waals surface area contributed by atoms with E-state index in [4.69, 9.17) is 44.3 Å². The summed E-state index contributed by atoms with van der Waals surface area (Å²) in [6.45, 7) is 1.57. The topological polar surface area (TPSA) is 61.3 Å². The Balaban J connectivity index is 1.77. The summed E-state index contributed by atoms with van der Waals surface area (Å²) in [7, 11) is 0. The summed E-state index contributed by atoms with van der Waals surface area (Å²) in [4.78, 5) is 19.6. The second-order valence-electron chi connectivity index (χ2n) is 5.10. The van der Waals surface area contributed by atoms with Gasteiger partial charge in [0, 0.05) is 0 Å². The van der Waals surface area contributed by atoms with E-state index in [0.717, 1.165) is 0 Å². The smallest absolute Gasteiger partial charge is 0.262 e. The van der Waals surface area contributed by atoms with Gasteiger partial charge in [-0.3, -0.25) is 4.79 Å². The molecule has 1 atom stereocenters. The molecule has 0 radical (unpaired) electrons. The summed E-state index contributed by atoms with van der Waals surface area (Å²) in [5.74, 6) is 1.34. The normalized spacial score (nSPS) is 12.0. The summed E-state index contributed by atoms with van der Waals surface area (Å²) in [5.41, 5.74) is 1.19. The number of hydrogen-bond donors (Lipinski definition) is 0. The second kappa shape index (κ2) is 7.44. The number of aromatic nitrogens is 2. The van der Waals surface area contributed by atoms with Gasteiger partial charge in [-0.15, -0.1) is 0 Å². The van der Waals surface area contributed by atoms with E-state index in [-0.39, 0.29) is 0 Å². The number of fused-ring (bicyclic) bond motifs is 1. The minimum Gasteiger partial charge on any atom is -0.482 e. The van der Waals surface area contributed by atoms with Crippen molar-refractivity contribution in [2.24, 2.45) is 0 Å². The molecule has 8 heteroatoms. The fraction of sp³-hybridized carbons (Fsp3) is 0.118. The van der Waals surface area contributed by atoms with Gasteiger partial charge in [-0.1, -0.05) is 23.2 Å². The Morgan fingerprint density at radius 2 is 1.64 bits per heavy atom. The molecule has 0 N–H and O–H groups in total. The molecule has 0 aliphatic rings. The third-order valence-electron chi connectivity index (χ3n) is 3.24. The van der Waals surface area contributed by atoms with Crippen LogP contribution in [0.2, 0.25) is 10.0 Å². The van der Waals surface area contributed by atoms with Crippen LogP contribution in [-0.4, -0.2) is 21.3 Å². The van der Waals surface area contributed by atoms with Crippen LogP contribution in [0.3, 0.4) is 0 Å². The van der Waals surface area contributed by atoms with Gasteiger partial charge in [-0.2, -0.15) is 0 Å². The first-order chi connectivity index (χ1) is 11.9. The van der Waals surface area contributed by atoms with Crippen LogP contribution in [-0.2, 0) is 4.79 Å². The quantitative estimate of drug-likeness (QED) is 0.549. The maximum atomic E-state index is 11.0. The zero-order valence-electron chi connectivity index (χ0n) is 12.9. The molecule has 1 heterocycles. The number of rotatable bonds is 5. The van der Waals surface area contributed by atoms with Gasteiger partial charge in [0.05, 0.1) is 27.3 Å². The molecular formula is C17H11Cl3N2O3. The van der Waals surface area contributed by atoms with Gasteiger partial charge < -0.3 is 9.47 Å². The van der Waals surface area contributed by atoms with Crippen molar-refractivity contribution in [1.29, 1.82) is 0 Å². The van der Waals surface area contributed by atoms with Crippen molar-refractivity contribution >= 4 is 51.1 Å². The van der Waals surface area contributed by atoms with Gasteiger partial charge in [0.25, 0.3) is 5.24 Å². The van der Waals surface area contributed by atoms with E-state index in [2.05, 4.69) is 9.97 Å². The van der Waals surface area contributed by atoms with E-state index in [1.807, 2.05) is 0 Å². The average molecular weight is 398 g/mol. The number of carbonyl (C=O) groups excluding carboxylic acids is 1. The van der Waals surface area contributed by atoms with E-state index in [1.54, 1.807) is 43.3 Å². The van der Waals surface area contributed by atoms with Crippen LogP contribution >= 0.6 is 34.8 Å². The third kappa shape index (κ3) is 4.31. The van der Waals surface area contributed by atoms with Gasteiger partial charge in [0.1, 0.15) is 11.5 Å². The molecule has 2 aromatic carbocycles. The zero-order chi connectivity index (χ0) is 18.0. The van der Waals surface area contributed by atoms with Gasteiger partial charge in [-0.25, -0.2) is 9.97 Å². The molecule has 3 aromatic rings. The molecule has 0 amide bonds. The predicted molar refractivity (Wildman–Crippen MR) is 97.0 cm³/mol. The number of nitrogens with zero attached hydrogens (tertiary/aromatic N) is 2.